The number of nitrogens with one attached hydrogen (secondary N) is 2. The molecular weight excluding hydrogens is 400 g/mol. The molecule has 2 N–H and O–H groups in total. The Morgan fingerprint density at radius 2 is 1.50 bits per heavy atom. The van der Waals surface area contributed by atoms with Crippen LogP contribution >= 0.6 is 0 Å². The molecule has 6 nitrogen and oxygen atoms in total. The second-order valence-electron chi connectivity index (χ2n) is 7.42. The summed E-state index contributed by atoms with van der Waals surface area (Å²) in [4.78, 5) is 25.7. The number of aromatic nitrogens is 2. The number of carbonyl (C=O) groups excluding carboxylic acids is 2. The summed E-state index contributed by atoms with van der Waals surface area (Å²) in [5, 5.41) is 10.0. The molecule has 4 aromatic rings. The molecule has 6 heteroatoms. The number of hydrogen-bond acceptors (Lipinski definition) is 3. The van der Waals surface area contributed by atoms with Crippen LogP contribution in [0.15, 0.2) is 103 Å². The lowest BCUT2D eigenvalue weighted by Crippen LogP contribution is -2.47. The lowest BCUT2D eigenvalue weighted by atomic mass is 10.0. The molecule has 2 amide bonds. The zero-order valence-corrected chi connectivity index (χ0v) is 17.5. The molecule has 0 bridgehead atoms. The zero-order chi connectivity index (χ0) is 22.2. The van der Waals surface area contributed by atoms with Crippen LogP contribution in [0.1, 0.15) is 21.5 Å². The molecule has 0 radical (unpaired) electrons. The first kappa shape index (κ1) is 21.1. The topological polar surface area (TPSA) is 76.0 Å². The fourth-order valence-corrected chi connectivity index (χ4v) is 3.39. The van der Waals surface area contributed by atoms with Gasteiger partial charge in [0, 0.05) is 30.9 Å². The van der Waals surface area contributed by atoms with Crippen LogP contribution < -0.4 is 10.6 Å². The summed E-state index contributed by atoms with van der Waals surface area (Å²) in [6.07, 6.45) is 4.01. The first-order chi connectivity index (χ1) is 15.7. The van der Waals surface area contributed by atoms with Gasteiger partial charge in [-0.3, -0.25) is 9.59 Å². The molecule has 1 heterocycles. The number of amides is 2. The molecule has 0 aliphatic carbocycles. The van der Waals surface area contributed by atoms with Crippen molar-refractivity contribution in [3.05, 3.63) is 120 Å². The minimum absolute atomic E-state index is 0.228. The van der Waals surface area contributed by atoms with Gasteiger partial charge < -0.3 is 10.6 Å². The molecule has 1 aromatic heterocycles. The quantitative estimate of drug-likeness (QED) is 0.454. The van der Waals surface area contributed by atoms with E-state index in [4.69, 9.17) is 0 Å². The number of benzene rings is 3. The van der Waals surface area contributed by atoms with Gasteiger partial charge in [0.05, 0.1) is 5.69 Å². The van der Waals surface area contributed by atoms with Gasteiger partial charge in [0.2, 0.25) is 5.91 Å². The van der Waals surface area contributed by atoms with Crippen molar-refractivity contribution >= 4 is 11.8 Å². The molecule has 160 valence electrons. The van der Waals surface area contributed by atoms with E-state index >= 15 is 0 Å². The Bertz CT molecular complexity index is 1140. The maximum atomic E-state index is 13.0. The van der Waals surface area contributed by atoms with Crippen LogP contribution in [0.3, 0.4) is 0 Å². The average molecular weight is 425 g/mol. The highest BCUT2D eigenvalue weighted by Gasteiger charge is 2.21. The van der Waals surface area contributed by atoms with Crippen molar-refractivity contribution < 1.29 is 9.59 Å². The third-order valence-electron chi connectivity index (χ3n) is 5.11. The van der Waals surface area contributed by atoms with Crippen LogP contribution in [0.25, 0.3) is 5.69 Å². The highest BCUT2D eigenvalue weighted by Crippen LogP contribution is 2.10. The van der Waals surface area contributed by atoms with E-state index in [0.29, 0.717) is 18.5 Å². The highest BCUT2D eigenvalue weighted by atomic mass is 16.2. The summed E-state index contributed by atoms with van der Waals surface area (Å²) in [5.74, 6) is -0.500. The lowest BCUT2D eigenvalue weighted by Gasteiger charge is -2.19. The lowest BCUT2D eigenvalue weighted by molar-refractivity contribution is -0.123. The van der Waals surface area contributed by atoms with E-state index in [0.717, 1.165) is 16.8 Å². The second kappa shape index (κ2) is 10.2. The smallest absolute Gasteiger partial charge is 0.251 e. The Morgan fingerprint density at radius 1 is 0.812 bits per heavy atom. The summed E-state index contributed by atoms with van der Waals surface area (Å²) < 4.78 is 1.78. The summed E-state index contributed by atoms with van der Waals surface area (Å²) in [5.41, 5.74) is 3.40. The van der Waals surface area contributed by atoms with Crippen molar-refractivity contribution in [1.29, 1.82) is 0 Å². The number of nitrogens with zero attached hydrogens (tertiary/aromatic N) is 2. The molecule has 4 rings (SSSR count). The average Bonchev–Trinajstić information content (AvgIpc) is 3.39. The van der Waals surface area contributed by atoms with Crippen molar-refractivity contribution in [1.82, 2.24) is 20.4 Å². The van der Waals surface area contributed by atoms with Crippen LogP contribution in [0, 0.1) is 0 Å². The van der Waals surface area contributed by atoms with Gasteiger partial charge in [0.25, 0.3) is 5.91 Å². The van der Waals surface area contributed by atoms with E-state index in [-0.39, 0.29) is 11.8 Å². The van der Waals surface area contributed by atoms with Gasteiger partial charge in [-0.05, 0) is 41.5 Å². The molecule has 0 aliphatic heterocycles. The van der Waals surface area contributed by atoms with Crippen LogP contribution in [0.4, 0.5) is 0 Å². The summed E-state index contributed by atoms with van der Waals surface area (Å²) in [7, 11) is 0. The molecular formula is C26H24N4O2. The van der Waals surface area contributed by atoms with E-state index in [1.807, 2.05) is 72.9 Å². The van der Waals surface area contributed by atoms with Crippen molar-refractivity contribution in [2.24, 2.45) is 0 Å². The molecule has 0 spiro atoms. The van der Waals surface area contributed by atoms with E-state index in [1.54, 1.807) is 35.1 Å². The molecule has 32 heavy (non-hydrogen) atoms. The number of carbonyl (C=O) groups is 2. The van der Waals surface area contributed by atoms with Gasteiger partial charge in [-0.25, -0.2) is 4.68 Å². The summed E-state index contributed by atoms with van der Waals surface area (Å²) in [6, 6.07) is 27.6. The van der Waals surface area contributed by atoms with Gasteiger partial charge >= 0.3 is 0 Å². The number of hydrogen-bond donors (Lipinski definition) is 2. The van der Waals surface area contributed by atoms with Gasteiger partial charge in [-0.15, -0.1) is 0 Å². The van der Waals surface area contributed by atoms with Crippen molar-refractivity contribution in [3.63, 3.8) is 0 Å². The maximum Gasteiger partial charge on any atom is 0.251 e. The largest absolute Gasteiger partial charge is 0.350 e. The van der Waals surface area contributed by atoms with Crippen molar-refractivity contribution in [3.8, 4) is 5.69 Å². The van der Waals surface area contributed by atoms with Gasteiger partial charge in [-0.1, -0.05) is 60.7 Å². The minimum Gasteiger partial charge on any atom is -0.350 e. The molecule has 3 aromatic carbocycles. The Labute approximate surface area is 186 Å². The Morgan fingerprint density at radius 3 is 2.16 bits per heavy atom. The van der Waals surface area contributed by atoms with E-state index in [1.165, 1.54) is 0 Å². The zero-order valence-electron chi connectivity index (χ0n) is 17.5. The molecule has 0 fully saturated rings. The van der Waals surface area contributed by atoms with Crippen molar-refractivity contribution in [2.45, 2.75) is 19.0 Å². The first-order valence-electron chi connectivity index (χ1n) is 10.5. The van der Waals surface area contributed by atoms with Crippen molar-refractivity contribution in [2.75, 3.05) is 0 Å². The number of rotatable bonds is 8. The van der Waals surface area contributed by atoms with Crippen LogP contribution in [0.5, 0.6) is 0 Å². The normalized spacial score (nSPS) is 11.5. The molecule has 1 atom stereocenters. The van der Waals surface area contributed by atoms with Gasteiger partial charge in [0.15, 0.2) is 0 Å². The fraction of sp³-hybridized carbons (Fsp3) is 0.115. The Hall–Kier alpha value is -4.19. The molecule has 1 unspecified atom stereocenters. The SMILES string of the molecule is O=C(NC(Cc1ccccc1)C(=O)NCc1ccc(-n2cccn2)cc1)c1ccccc1. The van der Waals surface area contributed by atoms with Crippen LogP contribution in [-0.2, 0) is 17.8 Å². The standard InChI is InChI=1S/C26H24N4O2/c31-25(22-10-5-2-6-11-22)29-24(18-20-8-3-1-4-9-20)26(32)27-19-21-12-14-23(15-13-21)30-17-7-16-28-30/h1-17,24H,18-19H2,(H,27,32)(H,29,31). The predicted octanol–water partition coefficient (Wildman–Crippen LogP) is 3.53. The molecule has 0 saturated heterocycles. The molecule has 0 aliphatic rings. The predicted molar refractivity (Wildman–Crippen MR) is 123 cm³/mol. The van der Waals surface area contributed by atoms with Crippen LogP contribution in [0.2, 0.25) is 0 Å². The third-order valence-corrected chi connectivity index (χ3v) is 5.11. The maximum absolute atomic E-state index is 13.0. The Balaban J connectivity index is 1.42. The summed E-state index contributed by atoms with van der Waals surface area (Å²) >= 11 is 0. The fourth-order valence-electron chi connectivity index (χ4n) is 3.39. The first-order valence-corrected chi connectivity index (χ1v) is 10.5. The monoisotopic (exact) mass is 424 g/mol. The van der Waals surface area contributed by atoms with E-state index < -0.39 is 6.04 Å². The summed E-state index contributed by atoms with van der Waals surface area (Å²) in [6.45, 7) is 0.366. The second-order valence-corrected chi connectivity index (χ2v) is 7.42. The third kappa shape index (κ3) is 5.49. The van der Waals surface area contributed by atoms with Crippen LogP contribution in [-0.4, -0.2) is 27.6 Å². The van der Waals surface area contributed by atoms with E-state index in [2.05, 4.69) is 15.7 Å². The van der Waals surface area contributed by atoms with E-state index in [9.17, 15) is 9.59 Å². The molecule has 0 saturated carbocycles. The minimum atomic E-state index is -0.687. The highest BCUT2D eigenvalue weighted by molar-refractivity contribution is 5.97. The van der Waals surface area contributed by atoms with Gasteiger partial charge in [0.1, 0.15) is 6.04 Å². The van der Waals surface area contributed by atoms with Gasteiger partial charge in [-0.2, -0.15) is 5.10 Å². The Kier molecular flexibility index (Phi) is 6.72.